The van der Waals surface area contributed by atoms with Crippen molar-refractivity contribution in [3.8, 4) is 0 Å². The fourth-order valence-electron chi connectivity index (χ4n) is 1.60. The SMILES string of the molecule is CCCCC[C@@H](NC(=O)OC(C)(C)C)C(=O)NCC(=O)O. The number of hydrogen-bond donors (Lipinski definition) is 3. The van der Waals surface area contributed by atoms with Crippen LogP contribution in [-0.4, -0.2) is 41.3 Å². The van der Waals surface area contributed by atoms with Crippen LogP contribution in [0.15, 0.2) is 0 Å². The van der Waals surface area contributed by atoms with Crippen molar-refractivity contribution in [2.24, 2.45) is 0 Å². The number of alkyl carbamates (subject to hydrolysis) is 1. The molecule has 0 radical (unpaired) electrons. The highest BCUT2D eigenvalue weighted by molar-refractivity contribution is 5.87. The highest BCUT2D eigenvalue weighted by atomic mass is 16.6. The minimum absolute atomic E-state index is 0.443. The lowest BCUT2D eigenvalue weighted by Gasteiger charge is -2.23. The van der Waals surface area contributed by atoms with E-state index in [0.717, 1.165) is 19.3 Å². The van der Waals surface area contributed by atoms with Crippen LogP contribution in [0.25, 0.3) is 0 Å². The maximum absolute atomic E-state index is 11.9. The number of unbranched alkanes of at least 4 members (excludes halogenated alkanes) is 2. The average Bonchev–Trinajstić information content (AvgIpc) is 2.32. The number of hydrogen-bond acceptors (Lipinski definition) is 4. The van der Waals surface area contributed by atoms with Crippen LogP contribution in [-0.2, 0) is 14.3 Å². The Labute approximate surface area is 125 Å². The number of carbonyl (C=O) groups is 3. The lowest BCUT2D eigenvalue weighted by molar-refractivity contribution is -0.138. The molecule has 7 nitrogen and oxygen atoms in total. The highest BCUT2D eigenvalue weighted by Crippen LogP contribution is 2.09. The minimum atomic E-state index is -1.13. The van der Waals surface area contributed by atoms with Crippen LogP contribution < -0.4 is 10.6 Å². The number of nitrogens with one attached hydrogen (secondary N) is 2. The monoisotopic (exact) mass is 302 g/mol. The van der Waals surface area contributed by atoms with E-state index < -0.39 is 36.2 Å². The van der Waals surface area contributed by atoms with Crippen LogP contribution in [0.3, 0.4) is 0 Å². The van der Waals surface area contributed by atoms with Crippen LogP contribution >= 0.6 is 0 Å². The highest BCUT2D eigenvalue weighted by Gasteiger charge is 2.24. The van der Waals surface area contributed by atoms with E-state index in [9.17, 15) is 14.4 Å². The minimum Gasteiger partial charge on any atom is -0.480 e. The molecule has 0 saturated heterocycles. The first kappa shape index (κ1) is 19.2. The maximum Gasteiger partial charge on any atom is 0.408 e. The van der Waals surface area contributed by atoms with Crippen molar-refractivity contribution in [3.05, 3.63) is 0 Å². The number of carboxylic acid groups (broad SMARTS) is 1. The van der Waals surface area contributed by atoms with Gasteiger partial charge in [0.1, 0.15) is 18.2 Å². The predicted octanol–water partition coefficient (Wildman–Crippen LogP) is 1.66. The van der Waals surface area contributed by atoms with E-state index in [-0.39, 0.29) is 0 Å². The van der Waals surface area contributed by atoms with Gasteiger partial charge in [-0.05, 0) is 27.2 Å². The van der Waals surface area contributed by atoms with Gasteiger partial charge in [0.15, 0.2) is 0 Å². The molecule has 7 heteroatoms. The third-order valence-electron chi connectivity index (χ3n) is 2.52. The molecular formula is C14H26N2O5. The number of carboxylic acids is 1. The second-order valence-corrected chi connectivity index (χ2v) is 5.81. The summed E-state index contributed by atoms with van der Waals surface area (Å²) in [4.78, 5) is 34.1. The lowest BCUT2D eigenvalue weighted by Crippen LogP contribution is -2.49. The van der Waals surface area contributed by atoms with Crippen molar-refractivity contribution < 1.29 is 24.2 Å². The molecule has 0 heterocycles. The average molecular weight is 302 g/mol. The van der Waals surface area contributed by atoms with Crippen LogP contribution in [0, 0.1) is 0 Å². The number of amides is 2. The molecule has 0 spiro atoms. The Hall–Kier alpha value is -1.79. The number of carbonyl (C=O) groups excluding carboxylic acids is 2. The van der Waals surface area contributed by atoms with Crippen LogP contribution in [0.4, 0.5) is 4.79 Å². The van der Waals surface area contributed by atoms with Gasteiger partial charge in [-0.25, -0.2) is 4.79 Å². The predicted molar refractivity (Wildman–Crippen MR) is 77.9 cm³/mol. The molecule has 2 amide bonds. The van der Waals surface area contributed by atoms with Crippen LogP contribution in [0.1, 0.15) is 53.4 Å². The zero-order chi connectivity index (χ0) is 16.5. The Balaban J connectivity index is 4.53. The van der Waals surface area contributed by atoms with Gasteiger partial charge in [0, 0.05) is 0 Å². The first-order valence-electron chi connectivity index (χ1n) is 7.14. The topological polar surface area (TPSA) is 105 Å². The molecule has 0 aliphatic heterocycles. The molecule has 21 heavy (non-hydrogen) atoms. The Morgan fingerprint density at radius 1 is 1.19 bits per heavy atom. The zero-order valence-corrected chi connectivity index (χ0v) is 13.2. The van der Waals surface area contributed by atoms with E-state index in [0.29, 0.717) is 6.42 Å². The molecule has 122 valence electrons. The molecule has 0 unspecified atom stereocenters. The second kappa shape index (κ2) is 9.20. The van der Waals surface area contributed by atoms with Crippen LogP contribution in [0.5, 0.6) is 0 Å². The molecule has 0 saturated carbocycles. The van der Waals surface area contributed by atoms with Gasteiger partial charge < -0.3 is 20.5 Å². The summed E-state index contributed by atoms with van der Waals surface area (Å²) in [6, 6.07) is -0.786. The standard InChI is InChI=1S/C14H26N2O5/c1-5-6-7-8-10(12(19)15-9-11(17)18)16-13(20)21-14(2,3)4/h10H,5-9H2,1-4H3,(H,15,19)(H,16,20)(H,17,18)/t10-/m1/s1. The second-order valence-electron chi connectivity index (χ2n) is 5.81. The van der Waals surface area contributed by atoms with Crippen molar-refractivity contribution in [2.75, 3.05) is 6.54 Å². The molecular weight excluding hydrogens is 276 g/mol. The van der Waals surface area contributed by atoms with Crippen molar-refractivity contribution >= 4 is 18.0 Å². The number of aliphatic carboxylic acids is 1. The molecule has 0 aliphatic carbocycles. The van der Waals surface area contributed by atoms with E-state index >= 15 is 0 Å². The summed E-state index contributed by atoms with van der Waals surface area (Å²) in [6.07, 6.45) is 2.43. The van der Waals surface area contributed by atoms with Gasteiger partial charge in [0.2, 0.25) is 5.91 Å². The fourth-order valence-corrected chi connectivity index (χ4v) is 1.60. The van der Waals surface area contributed by atoms with Gasteiger partial charge in [0.25, 0.3) is 0 Å². The van der Waals surface area contributed by atoms with E-state index in [1.54, 1.807) is 20.8 Å². The van der Waals surface area contributed by atoms with Gasteiger partial charge in [-0.15, -0.1) is 0 Å². The van der Waals surface area contributed by atoms with E-state index in [1.807, 2.05) is 6.92 Å². The van der Waals surface area contributed by atoms with Gasteiger partial charge in [-0.1, -0.05) is 26.2 Å². The third kappa shape index (κ3) is 10.6. The molecule has 3 N–H and O–H groups in total. The van der Waals surface area contributed by atoms with Crippen molar-refractivity contribution in [3.63, 3.8) is 0 Å². The van der Waals surface area contributed by atoms with Crippen molar-refractivity contribution in [1.29, 1.82) is 0 Å². The van der Waals surface area contributed by atoms with E-state index in [1.165, 1.54) is 0 Å². The fraction of sp³-hybridized carbons (Fsp3) is 0.786. The summed E-state index contributed by atoms with van der Waals surface area (Å²) in [5, 5.41) is 13.3. The summed E-state index contributed by atoms with van der Waals surface area (Å²) >= 11 is 0. The summed E-state index contributed by atoms with van der Waals surface area (Å²) in [5.74, 6) is -1.65. The largest absolute Gasteiger partial charge is 0.480 e. The molecule has 0 rings (SSSR count). The van der Waals surface area contributed by atoms with Gasteiger partial charge in [-0.2, -0.15) is 0 Å². The molecule has 0 aromatic rings. The maximum atomic E-state index is 11.9. The van der Waals surface area contributed by atoms with Gasteiger partial charge in [-0.3, -0.25) is 9.59 Å². The first-order chi connectivity index (χ1) is 9.65. The third-order valence-corrected chi connectivity index (χ3v) is 2.52. The van der Waals surface area contributed by atoms with Gasteiger partial charge in [0.05, 0.1) is 0 Å². The van der Waals surface area contributed by atoms with E-state index in [2.05, 4.69) is 10.6 Å². The van der Waals surface area contributed by atoms with Crippen LogP contribution in [0.2, 0.25) is 0 Å². The Morgan fingerprint density at radius 3 is 2.29 bits per heavy atom. The Bertz CT molecular complexity index is 363. The summed E-state index contributed by atoms with van der Waals surface area (Å²) in [7, 11) is 0. The first-order valence-corrected chi connectivity index (χ1v) is 7.14. The zero-order valence-electron chi connectivity index (χ0n) is 13.2. The normalized spacial score (nSPS) is 12.4. The summed E-state index contributed by atoms with van der Waals surface area (Å²) in [5.41, 5.74) is -0.657. The molecule has 0 fully saturated rings. The molecule has 1 atom stereocenters. The molecule has 0 bridgehead atoms. The quantitative estimate of drug-likeness (QED) is 0.591. The summed E-state index contributed by atoms with van der Waals surface area (Å²) in [6.45, 7) is 6.73. The van der Waals surface area contributed by atoms with E-state index in [4.69, 9.17) is 9.84 Å². The Kier molecular flexibility index (Phi) is 8.42. The molecule has 0 aliphatic rings. The van der Waals surface area contributed by atoms with Gasteiger partial charge >= 0.3 is 12.1 Å². The van der Waals surface area contributed by atoms with Crippen molar-refractivity contribution in [2.45, 2.75) is 65.0 Å². The lowest BCUT2D eigenvalue weighted by atomic mass is 10.1. The number of ether oxygens (including phenoxy) is 1. The van der Waals surface area contributed by atoms with Crippen molar-refractivity contribution in [1.82, 2.24) is 10.6 Å². The number of rotatable bonds is 8. The summed E-state index contributed by atoms with van der Waals surface area (Å²) < 4.78 is 5.10. The molecule has 0 aromatic carbocycles. The smallest absolute Gasteiger partial charge is 0.408 e. The molecule has 0 aromatic heterocycles. The Morgan fingerprint density at radius 2 is 1.81 bits per heavy atom.